The first-order valence-electron chi connectivity index (χ1n) is 5.45. The first kappa shape index (κ1) is 11.6. The van der Waals surface area contributed by atoms with Gasteiger partial charge in [0.15, 0.2) is 0 Å². The summed E-state index contributed by atoms with van der Waals surface area (Å²) in [4.78, 5) is 3.94. The maximum atomic E-state index is 10.3. The number of ether oxygens (including phenoxy) is 1. The predicted octanol–water partition coefficient (Wildman–Crippen LogP) is 2.48. The van der Waals surface area contributed by atoms with Crippen LogP contribution in [0.2, 0.25) is 0 Å². The molecule has 0 radical (unpaired) electrons. The Morgan fingerprint density at radius 2 is 1.88 bits per heavy atom. The molecule has 2 rings (SSSR count). The van der Waals surface area contributed by atoms with Crippen LogP contribution in [0, 0.1) is 6.92 Å². The monoisotopic (exact) mass is 229 g/mol. The Labute approximate surface area is 101 Å². The van der Waals surface area contributed by atoms with Gasteiger partial charge >= 0.3 is 0 Å². The largest absolute Gasteiger partial charge is 0.496 e. The van der Waals surface area contributed by atoms with E-state index in [0.717, 1.165) is 16.7 Å². The van der Waals surface area contributed by atoms with Gasteiger partial charge in [-0.1, -0.05) is 11.6 Å². The molecule has 88 valence electrons. The molecule has 3 heteroatoms. The number of aromatic nitrogens is 1. The lowest BCUT2D eigenvalue weighted by Gasteiger charge is -2.15. The molecule has 3 nitrogen and oxygen atoms in total. The molecule has 0 saturated heterocycles. The van der Waals surface area contributed by atoms with E-state index in [1.54, 1.807) is 31.6 Å². The van der Waals surface area contributed by atoms with Gasteiger partial charge in [-0.3, -0.25) is 4.98 Å². The van der Waals surface area contributed by atoms with Gasteiger partial charge in [0.2, 0.25) is 0 Å². The second-order valence-corrected chi connectivity index (χ2v) is 3.93. The number of benzene rings is 1. The minimum absolute atomic E-state index is 0.687. The lowest BCUT2D eigenvalue weighted by atomic mass is 10.00. The van der Waals surface area contributed by atoms with Crippen molar-refractivity contribution < 1.29 is 9.84 Å². The van der Waals surface area contributed by atoms with Crippen molar-refractivity contribution in [3.63, 3.8) is 0 Å². The standard InChI is InChI=1S/C14H15NO2/c1-10-3-4-13(17-2)12(9-10)14(16)11-5-7-15-8-6-11/h3-9,14,16H,1-2H3. The fourth-order valence-electron chi connectivity index (χ4n) is 1.79. The Morgan fingerprint density at radius 1 is 1.18 bits per heavy atom. The van der Waals surface area contributed by atoms with Crippen LogP contribution in [0.4, 0.5) is 0 Å². The summed E-state index contributed by atoms with van der Waals surface area (Å²) in [5, 5.41) is 10.3. The van der Waals surface area contributed by atoms with Gasteiger partial charge in [0.1, 0.15) is 11.9 Å². The summed E-state index contributed by atoms with van der Waals surface area (Å²) in [7, 11) is 1.60. The van der Waals surface area contributed by atoms with Crippen LogP contribution in [0.1, 0.15) is 22.8 Å². The third kappa shape index (κ3) is 2.45. The molecule has 0 saturated carbocycles. The molecule has 0 amide bonds. The fourth-order valence-corrected chi connectivity index (χ4v) is 1.79. The van der Waals surface area contributed by atoms with Crippen molar-refractivity contribution in [3.05, 3.63) is 59.4 Å². The Bertz CT molecular complexity index is 497. The zero-order chi connectivity index (χ0) is 12.3. The number of rotatable bonds is 3. The van der Waals surface area contributed by atoms with E-state index in [4.69, 9.17) is 4.74 Å². The van der Waals surface area contributed by atoms with Crippen molar-refractivity contribution in [2.45, 2.75) is 13.0 Å². The molecule has 0 spiro atoms. The van der Waals surface area contributed by atoms with Crippen molar-refractivity contribution in [3.8, 4) is 5.75 Å². The summed E-state index contributed by atoms with van der Waals surface area (Å²) in [6.07, 6.45) is 2.65. The quantitative estimate of drug-likeness (QED) is 0.879. The summed E-state index contributed by atoms with van der Waals surface area (Å²) in [5.41, 5.74) is 2.68. The number of aliphatic hydroxyl groups is 1. The Kier molecular flexibility index (Phi) is 3.40. The van der Waals surface area contributed by atoms with E-state index in [1.807, 2.05) is 25.1 Å². The number of nitrogens with zero attached hydrogens (tertiary/aromatic N) is 1. The molecule has 0 fully saturated rings. The van der Waals surface area contributed by atoms with Gasteiger partial charge in [0.25, 0.3) is 0 Å². The molecule has 2 aromatic rings. The van der Waals surface area contributed by atoms with Crippen molar-refractivity contribution >= 4 is 0 Å². The smallest absolute Gasteiger partial charge is 0.125 e. The molecule has 1 atom stereocenters. The molecule has 0 bridgehead atoms. The molecule has 1 aromatic carbocycles. The summed E-state index contributed by atoms with van der Waals surface area (Å²) < 4.78 is 5.27. The first-order chi connectivity index (χ1) is 8.22. The van der Waals surface area contributed by atoms with E-state index in [0.29, 0.717) is 5.75 Å². The van der Waals surface area contributed by atoms with Crippen LogP contribution in [-0.2, 0) is 0 Å². The SMILES string of the molecule is COc1ccc(C)cc1C(O)c1ccncc1. The van der Waals surface area contributed by atoms with Gasteiger partial charge < -0.3 is 9.84 Å². The van der Waals surface area contributed by atoms with Crippen molar-refractivity contribution in [2.24, 2.45) is 0 Å². The third-order valence-corrected chi connectivity index (χ3v) is 2.70. The maximum Gasteiger partial charge on any atom is 0.125 e. The highest BCUT2D eigenvalue weighted by Crippen LogP contribution is 2.30. The molecule has 0 aliphatic carbocycles. The maximum absolute atomic E-state index is 10.3. The minimum atomic E-state index is -0.687. The molecule has 17 heavy (non-hydrogen) atoms. The van der Waals surface area contributed by atoms with Crippen LogP contribution in [0.5, 0.6) is 5.75 Å². The summed E-state index contributed by atoms with van der Waals surface area (Å²) in [5.74, 6) is 0.694. The number of aryl methyl sites for hydroxylation is 1. The van der Waals surface area contributed by atoms with Gasteiger partial charge in [0.05, 0.1) is 7.11 Å². The van der Waals surface area contributed by atoms with Crippen molar-refractivity contribution in [2.75, 3.05) is 7.11 Å². The number of hydrogen-bond acceptors (Lipinski definition) is 3. The van der Waals surface area contributed by atoms with Crippen LogP contribution >= 0.6 is 0 Å². The molecular weight excluding hydrogens is 214 g/mol. The number of hydrogen-bond donors (Lipinski definition) is 1. The average Bonchev–Trinajstić information content (AvgIpc) is 2.39. The number of methoxy groups -OCH3 is 1. The highest BCUT2D eigenvalue weighted by molar-refractivity contribution is 5.42. The van der Waals surface area contributed by atoms with Crippen LogP contribution in [0.25, 0.3) is 0 Å². The molecule has 1 unspecified atom stereocenters. The van der Waals surface area contributed by atoms with Gasteiger partial charge in [-0.25, -0.2) is 0 Å². The first-order valence-corrected chi connectivity index (χ1v) is 5.45. The van der Waals surface area contributed by atoms with Crippen LogP contribution in [-0.4, -0.2) is 17.2 Å². The van der Waals surface area contributed by atoms with Crippen molar-refractivity contribution in [1.29, 1.82) is 0 Å². The second kappa shape index (κ2) is 4.97. The van der Waals surface area contributed by atoms with Crippen LogP contribution in [0.3, 0.4) is 0 Å². The van der Waals surface area contributed by atoms with Crippen molar-refractivity contribution in [1.82, 2.24) is 4.98 Å². The van der Waals surface area contributed by atoms with E-state index >= 15 is 0 Å². The van der Waals surface area contributed by atoms with Gasteiger partial charge in [0, 0.05) is 18.0 Å². The normalized spacial score (nSPS) is 12.2. The predicted molar refractivity (Wildman–Crippen MR) is 66.0 cm³/mol. The minimum Gasteiger partial charge on any atom is -0.496 e. The Balaban J connectivity index is 2.43. The number of aliphatic hydroxyl groups excluding tert-OH is 1. The zero-order valence-electron chi connectivity index (χ0n) is 9.92. The van der Waals surface area contributed by atoms with Gasteiger partial charge in [-0.15, -0.1) is 0 Å². The zero-order valence-corrected chi connectivity index (χ0v) is 9.92. The molecule has 0 aliphatic heterocycles. The lowest BCUT2D eigenvalue weighted by molar-refractivity contribution is 0.214. The highest BCUT2D eigenvalue weighted by Gasteiger charge is 2.15. The van der Waals surface area contributed by atoms with E-state index in [-0.39, 0.29) is 0 Å². The van der Waals surface area contributed by atoms with E-state index < -0.39 is 6.10 Å². The summed E-state index contributed by atoms with van der Waals surface area (Å²) >= 11 is 0. The van der Waals surface area contributed by atoms with E-state index in [1.165, 1.54) is 0 Å². The van der Waals surface area contributed by atoms with Gasteiger partial charge in [-0.05, 0) is 36.8 Å². The Hall–Kier alpha value is -1.87. The number of pyridine rings is 1. The summed E-state index contributed by atoms with van der Waals surface area (Å²) in [6.45, 7) is 1.99. The van der Waals surface area contributed by atoms with E-state index in [9.17, 15) is 5.11 Å². The lowest BCUT2D eigenvalue weighted by Crippen LogP contribution is -2.02. The molecule has 1 N–H and O–H groups in total. The molecule has 1 heterocycles. The molecule has 1 aromatic heterocycles. The topological polar surface area (TPSA) is 42.4 Å². The molecule has 0 aliphatic rings. The highest BCUT2D eigenvalue weighted by atomic mass is 16.5. The van der Waals surface area contributed by atoms with E-state index in [2.05, 4.69) is 4.98 Å². The average molecular weight is 229 g/mol. The fraction of sp³-hybridized carbons (Fsp3) is 0.214. The van der Waals surface area contributed by atoms with Crippen LogP contribution in [0.15, 0.2) is 42.7 Å². The second-order valence-electron chi connectivity index (χ2n) is 3.93. The van der Waals surface area contributed by atoms with Crippen LogP contribution < -0.4 is 4.74 Å². The summed E-state index contributed by atoms with van der Waals surface area (Å²) in [6, 6.07) is 9.36. The molecular formula is C14H15NO2. The van der Waals surface area contributed by atoms with Gasteiger partial charge in [-0.2, -0.15) is 0 Å². The Morgan fingerprint density at radius 3 is 2.53 bits per heavy atom. The third-order valence-electron chi connectivity index (χ3n) is 2.70.